The van der Waals surface area contributed by atoms with Gasteiger partial charge in [-0.05, 0) is 54.2 Å². The Morgan fingerprint density at radius 1 is 1.00 bits per heavy atom. The zero-order valence-electron chi connectivity index (χ0n) is 20.0. The lowest BCUT2D eigenvalue weighted by Gasteiger charge is -2.30. The van der Waals surface area contributed by atoms with Gasteiger partial charge in [-0.15, -0.1) is 0 Å². The number of halogens is 1. The van der Waals surface area contributed by atoms with Gasteiger partial charge in [-0.1, -0.05) is 41.9 Å². The van der Waals surface area contributed by atoms with Gasteiger partial charge in [0.05, 0.1) is 19.9 Å². The number of amides is 2. The number of carbonyl (C=O) groups excluding carboxylic acids is 2. The first-order chi connectivity index (χ1) is 17.9. The Hall–Kier alpha value is -4.14. The lowest BCUT2D eigenvalue weighted by molar-refractivity contribution is -0.122. The number of anilines is 1. The second-order valence-corrected chi connectivity index (χ2v) is 9.17. The second kappa shape index (κ2) is 10.1. The van der Waals surface area contributed by atoms with Gasteiger partial charge < -0.3 is 14.0 Å². The third-order valence-electron chi connectivity index (χ3n) is 6.11. The van der Waals surface area contributed by atoms with E-state index in [1.165, 1.54) is 19.1 Å². The number of carbonyl (C=O) groups is 2. The molecule has 0 atom stereocenters. The maximum atomic E-state index is 13.6. The largest absolute Gasteiger partial charge is 0.497 e. The van der Waals surface area contributed by atoms with E-state index in [0.29, 0.717) is 28.8 Å². The molecule has 0 unspecified atom stereocenters. The molecule has 1 aromatic heterocycles. The first-order valence-corrected chi connectivity index (χ1v) is 12.1. The average molecular weight is 532 g/mol. The lowest BCUT2D eigenvalue weighted by Crippen LogP contribution is -2.54. The molecule has 1 N–H and O–H groups in total. The van der Waals surface area contributed by atoms with Crippen molar-refractivity contribution in [2.75, 3.05) is 19.1 Å². The normalized spacial score (nSPS) is 14.8. The summed E-state index contributed by atoms with van der Waals surface area (Å²) >= 11 is 11.4. The highest BCUT2D eigenvalue weighted by Gasteiger charge is 2.36. The van der Waals surface area contributed by atoms with Gasteiger partial charge in [0.25, 0.3) is 11.8 Å². The number of hydrogen-bond donors (Lipinski definition) is 1. The zero-order valence-corrected chi connectivity index (χ0v) is 21.6. The number of benzene rings is 3. The molecule has 37 heavy (non-hydrogen) atoms. The third-order valence-corrected chi connectivity index (χ3v) is 6.65. The summed E-state index contributed by atoms with van der Waals surface area (Å²) < 4.78 is 12.8. The Bertz CT molecular complexity index is 1580. The van der Waals surface area contributed by atoms with Gasteiger partial charge in [-0.3, -0.25) is 14.9 Å². The Labute approximate surface area is 223 Å². The van der Waals surface area contributed by atoms with Crippen LogP contribution in [-0.4, -0.2) is 35.7 Å². The van der Waals surface area contributed by atoms with E-state index in [4.69, 9.17) is 33.3 Å². The fraction of sp³-hybridized carbons (Fsp3) is 0.107. The molecule has 0 aliphatic carbocycles. The van der Waals surface area contributed by atoms with Crippen LogP contribution >= 0.6 is 23.8 Å². The van der Waals surface area contributed by atoms with Crippen molar-refractivity contribution in [1.82, 2.24) is 9.88 Å². The summed E-state index contributed by atoms with van der Waals surface area (Å²) in [6.45, 7) is 0.597. The molecule has 0 saturated carbocycles. The number of para-hydroxylation sites is 1. The van der Waals surface area contributed by atoms with Gasteiger partial charge in [-0.25, -0.2) is 4.90 Å². The summed E-state index contributed by atoms with van der Waals surface area (Å²) in [6, 6.07) is 20.5. The topological polar surface area (TPSA) is 72.8 Å². The van der Waals surface area contributed by atoms with Crippen LogP contribution < -0.4 is 19.7 Å². The minimum Gasteiger partial charge on any atom is -0.497 e. The van der Waals surface area contributed by atoms with Gasteiger partial charge in [0.1, 0.15) is 17.1 Å². The van der Waals surface area contributed by atoms with Crippen LogP contribution in [0.25, 0.3) is 17.0 Å². The van der Waals surface area contributed by atoms with Crippen molar-refractivity contribution in [3.63, 3.8) is 0 Å². The predicted molar refractivity (Wildman–Crippen MR) is 148 cm³/mol. The van der Waals surface area contributed by atoms with E-state index in [1.54, 1.807) is 24.3 Å². The molecule has 1 fully saturated rings. The molecule has 0 radical (unpaired) electrons. The Kier molecular flexibility index (Phi) is 6.69. The second-order valence-electron chi connectivity index (χ2n) is 8.35. The average Bonchev–Trinajstić information content (AvgIpc) is 3.25. The number of hydrogen-bond acceptors (Lipinski definition) is 5. The van der Waals surface area contributed by atoms with Crippen LogP contribution in [0.2, 0.25) is 5.02 Å². The number of thiocarbonyl (C=S) groups is 1. The highest BCUT2D eigenvalue weighted by atomic mass is 35.5. The molecule has 3 aromatic carbocycles. The van der Waals surface area contributed by atoms with Crippen LogP contribution in [0.4, 0.5) is 5.69 Å². The summed E-state index contributed by atoms with van der Waals surface area (Å²) in [5.74, 6) is -0.172. The molecule has 2 amide bonds. The molecular weight excluding hydrogens is 510 g/mol. The van der Waals surface area contributed by atoms with E-state index in [1.807, 2.05) is 54.7 Å². The SMILES string of the molecule is COc1ccc(N2C(=O)/C(=C/c3cn(Cc4ccc(Cl)cc4)c4ccccc34)C(=O)NC2=S)c(OC)c1. The van der Waals surface area contributed by atoms with Crippen molar-refractivity contribution in [2.24, 2.45) is 0 Å². The van der Waals surface area contributed by atoms with Crippen molar-refractivity contribution in [1.29, 1.82) is 0 Å². The first-order valence-electron chi connectivity index (χ1n) is 11.4. The molecule has 1 aliphatic rings. The number of ether oxygens (including phenoxy) is 2. The van der Waals surface area contributed by atoms with Gasteiger partial charge in [0.2, 0.25) is 0 Å². The fourth-order valence-electron chi connectivity index (χ4n) is 4.31. The highest BCUT2D eigenvalue weighted by Crippen LogP contribution is 2.35. The first kappa shape index (κ1) is 24.5. The lowest BCUT2D eigenvalue weighted by atomic mass is 10.1. The summed E-state index contributed by atoms with van der Waals surface area (Å²) in [6.07, 6.45) is 3.53. The Morgan fingerprint density at radius 3 is 2.49 bits per heavy atom. The number of methoxy groups -OCH3 is 2. The summed E-state index contributed by atoms with van der Waals surface area (Å²) in [4.78, 5) is 27.8. The Balaban J connectivity index is 1.56. The van der Waals surface area contributed by atoms with Crippen LogP contribution in [-0.2, 0) is 16.1 Å². The molecule has 0 spiro atoms. The summed E-state index contributed by atoms with van der Waals surface area (Å²) in [5.41, 5.74) is 3.13. The van der Waals surface area contributed by atoms with Gasteiger partial charge >= 0.3 is 0 Å². The van der Waals surface area contributed by atoms with E-state index < -0.39 is 11.8 Å². The molecule has 5 rings (SSSR count). The molecule has 2 heterocycles. The molecular formula is C28H22ClN3O4S. The van der Waals surface area contributed by atoms with E-state index in [-0.39, 0.29) is 10.7 Å². The van der Waals surface area contributed by atoms with E-state index in [9.17, 15) is 9.59 Å². The van der Waals surface area contributed by atoms with E-state index >= 15 is 0 Å². The van der Waals surface area contributed by atoms with Gasteiger partial charge in [-0.2, -0.15) is 0 Å². The molecule has 1 saturated heterocycles. The number of rotatable bonds is 6. The number of aromatic nitrogens is 1. The van der Waals surface area contributed by atoms with Crippen molar-refractivity contribution in [3.8, 4) is 11.5 Å². The monoisotopic (exact) mass is 531 g/mol. The molecule has 0 bridgehead atoms. The van der Waals surface area contributed by atoms with Crippen molar-refractivity contribution >= 4 is 63.4 Å². The summed E-state index contributed by atoms with van der Waals surface area (Å²) in [7, 11) is 3.02. The van der Waals surface area contributed by atoms with E-state index in [2.05, 4.69) is 9.88 Å². The smallest absolute Gasteiger partial charge is 0.270 e. The van der Waals surface area contributed by atoms with Crippen LogP contribution in [0.5, 0.6) is 11.5 Å². The number of nitrogens with zero attached hydrogens (tertiary/aromatic N) is 2. The molecule has 4 aromatic rings. The minimum absolute atomic E-state index is 0.0271. The minimum atomic E-state index is -0.562. The fourth-order valence-corrected chi connectivity index (χ4v) is 4.71. The number of nitrogens with one attached hydrogen (secondary N) is 1. The van der Waals surface area contributed by atoms with Crippen LogP contribution in [0.15, 0.2) is 78.5 Å². The van der Waals surface area contributed by atoms with Crippen LogP contribution in [0, 0.1) is 0 Å². The quantitative estimate of drug-likeness (QED) is 0.210. The molecule has 9 heteroatoms. The molecule has 1 aliphatic heterocycles. The van der Waals surface area contributed by atoms with Crippen LogP contribution in [0.3, 0.4) is 0 Å². The van der Waals surface area contributed by atoms with Gasteiger partial charge in [0.15, 0.2) is 5.11 Å². The van der Waals surface area contributed by atoms with Crippen molar-refractivity contribution in [3.05, 3.63) is 94.6 Å². The van der Waals surface area contributed by atoms with E-state index in [0.717, 1.165) is 22.0 Å². The van der Waals surface area contributed by atoms with Gasteiger partial charge in [0, 0.05) is 40.3 Å². The van der Waals surface area contributed by atoms with Crippen LogP contribution in [0.1, 0.15) is 11.1 Å². The molecule has 7 nitrogen and oxygen atoms in total. The van der Waals surface area contributed by atoms with Crippen molar-refractivity contribution in [2.45, 2.75) is 6.54 Å². The number of fused-ring (bicyclic) bond motifs is 1. The molecule has 186 valence electrons. The zero-order chi connectivity index (χ0) is 26.1. The standard InChI is InChI=1S/C28H22ClN3O4S/c1-35-20-11-12-24(25(14-20)36-2)32-27(34)22(26(33)30-28(32)37)13-18-16-31(23-6-4-3-5-21(18)23)15-17-7-9-19(29)10-8-17/h3-14,16H,15H2,1-2H3,(H,30,33,37)/b22-13+. The summed E-state index contributed by atoms with van der Waals surface area (Å²) in [5, 5.41) is 4.18. The highest BCUT2D eigenvalue weighted by molar-refractivity contribution is 7.80. The predicted octanol–water partition coefficient (Wildman–Crippen LogP) is 5.19. The maximum absolute atomic E-state index is 13.6. The maximum Gasteiger partial charge on any atom is 0.270 e. The Morgan fingerprint density at radius 2 is 1.76 bits per heavy atom. The third kappa shape index (κ3) is 4.69. The van der Waals surface area contributed by atoms with Crippen molar-refractivity contribution < 1.29 is 19.1 Å².